The van der Waals surface area contributed by atoms with Gasteiger partial charge in [-0.25, -0.2) is 0 Å². The van der Waals surface area contributed by atoms with Gasteiger partial charge in [-0.2, -0.15) is 0 Å². The first kappa shape index (κ1) is 8.78. The van der Waals surface area contributed by atoms with E-state index in [2.05, 4.69) is 59.9 Å². The molecule has 0 aliphatic heterocycles. The molecule has 0 saturated carbocycles. The second kappa shape index (κ2) is 4.54. The molecule has 0 aromatic heterocycles. The molecule has 0 unspecified atom stereocenters. The van der Waals surface area contributed by atoms with Gasteiger partial charge in [0.2, 0.25) is 0 Å². The summed E-state index contributed by atoms with van der Waals surface area (Å²) in [6.45, 7) is 2.08. The van der Waals surface area contributed by atoms with Crippen molar-refractivity contribution in [1.29, 1.82) is 0 Å². The van der Waals surface area contributed by atoms with Crippen molar-refractivity contribution in [3.8, 4) is 0 Å². The minimum absolute atomic E-state index is 1.08. The minimum Gasteiger partial charge on any atom is -0.0831 e. The number of allylic oxidation sites excluding steroid dienone is 2. The molecule has 0 spiro atoms. The monoisotopic (exact) mass is 258 g/mol. The quantitative estimate of drug-likeness (QED) is 0.562. The molecule has 0 saturated heterocycles. The zero-order chi connectivity index (χ0) is 8.10. The molecule has 11 heavy (non-hydrogen) atoms. The van der Waals surface area contributed by atoms with E-state index in [0.29, 0.717) is 0 Å². The summed E-state index contributed by atoms with van der Waals surface area (Å²) in [5.41, 5.74) is 2.75. The Kier molecular flexibility index (Phi) is 3.63. The minimum atomic E-state index is 1.08. The Labute approximate surface area is 81.5 Å². The van der Waals surface area contributed by atoms with Crippen molar-refractivity contribution < 1.29 is 0 Å². The van der Waals surface area contributed by atoms with Gasteiger partial charge in [0.05, 0.1) is 0 Å². The lowest BCUT2D eigenvalue weighted by molar-refractivity contribution is 1.56. The van der Waals surface area contributed by atoms with Crippen LogP contribution in [0, 0.1) is 0 Å². The zero-order valence-corrected chi connectivity index (χ0v) is 8.71. The molecular formula is C10H11I. The highest BCUT2D eigenvalue weighted by Crippen LogP contribution is 2.15. The van der Waals surface area contributed by atoms with Gasteiger partial charge in [0.1, 0.15) is 0 Å². The summed E-state index contributed by atoms with van der Waals surface area (Å²) in [4.78, 5) is 0. The molecule has 0 radical (unpaired) electrons. The summed E-state index contributed by atoms with van der Waals surface area (Å²) in [6, 6.07) is 10.5. The van der Waals surface area contributed by atoms with Gasteiger partial charge >= 0.3 is 0 Å². The van der Waals surface area contributed by atoms with Crippen LogP contribution in [0.1, 0.15) is 12.5 Å². The van der Waals surface area contributed by atoms with Crippen LogP contribution in [0.5, 0.6) is 0 Å². The third kappa shape index (κ3) is 2.33. The second-order valence-corrected chi connectivity index (χ2v) is 3.08. The Bertz CT molecular complexity index is 236. The molecule has 1 rings (SSSR count). The number of benzene rings is 1. The van der Waals surface area contributed by atoms with Crippen LogP contribution in [0.2, 0.25) is 0 Å². The molecule has 0 aliphatic carbocycles. The maximum absolute atomic E-state index is 2.38. The lowest BCUT2D eigenvalue weighted by Gasteiger charge is -2.01. The van der Waals surface area contributed by atoms with Crippen LogP contribution in [0.3, 0.4) is 0 Å². The SMILES string of the molecule is C/C=C(\CI)c1ccccc1. The Morgan fingerprint density at radius 2 is 2.00 bits per heavy atom. The Morgan fingerprint density at radius 3 is 2.45 bits per heavy atom. The summed E-state index contributed by atoms with van der Waals surface area (Å²) >= 11 is 2.38. The molecule has 0 heterocycles. The van der Waals surface area contributed by atoms with Crippen molar-refractivity contribution in [2.24, 2.45) is 0 Å². The van der Waals surface area contributed by atoms with Gasteiger partial charge in [-0.05, 0) is 18.1 Å². The Morgan fingerprint density at radius 1 is 1.36 bits per heavy atom. The average Bonchev–Trinajstić information content (AvgIpc) is 2.09. The van der Waals surface area contributed by atoms with E-state index in [0.717, 1.165) is 4.43 Å². The number of rotatable bonds is 2. The molecule has 1 aromatic carbocycles. The summed E-state index contributed by atoms with van der Waals surface area (Å²) in [5, 5.41) is 0. The van der Waals surface area contributed by atoms with E-state index < -0.39 is 0 Å². The highest BCUT2D eigenvalue weighted by molar-refractivity contribution is 14.1. The molecular weight excluding hydrogens is 247 g/mol. The topological polar surface area (TPSA) is 0 Å². The van der Waals surface area contributed by atoms with Crippen LogP contribution in [0.15, 0.2) is 36.4 Å². The van der Waals surface area contributed by atoms with Gasteiger partial charge in [0.15, 0.2) is 0 Å². The molecule has 0 bridgehead atoms. The van der Waals surface area contributed by atoms with E-state index in [1.165, 1.54) is 11.1 Å². The summed E-state index contributed by atoms with van der Waals surface area (Å²) < 4.78 is 1.08. The smallest absolute Gasteiger partial charge is 0.0249 e. The summed E-state index contributed by atoms with van der Waals surface area (Å²) in [7, 11) is 0. The van der Waals surface area contributed by atoms with Gasteiger partial charge in [-0.3, -0.25) is 0 Å². The van der Waals surface area contributed by atoms with E-state index in [-0.39, 0.29) is 0 Å². The third-order valence-corrected chi connectivity index (χ3v) is 2.46. The predicted molar refractivity (Wildman–Crippen MR) is 59.0 cm³/mol. The molecule has 0 atom stereocenters. The number of alkyl halides is 1. The Balaban J connectivity index is 2.92. The van der Waals surface area contributed by atoms with Crippen molar-refractivity contribution in [2.45, 2.75) is 6.92 Å². The first-order valence-corrected chi connectivity index (χ1v) is 5.17. The van der Waals surface area contributed by atoms with Crippen molar-refractivity contribution in [3.05, 3.63) is 42.0 Å². The summed E-state index contributed by atoms with van der Waals surface area (Å²) in [6.07, 6.45) is 2.17. The molecule has 58 valence electrons. The molecule has 0 N–H and O–H groups in total. The fourth-order valence-electron chi connectivity index (χ4n) is 0.973. The molecule has 0 aliphatic rings. The third-order valence-electron chi connectivity index (χ3n) is 1.64. The van der Waals surface area contributed by atoms with Crippen LogP contribution >= 0.6 is 22.6 Å². The zero-order valence-electron chi connectivity index (χ0n) is 6.55. The normalized spacial score (nSPS) is 11.6. The molecule has 0 nitrogen and oxygen atoms in total. The van der Waals surface area contributed by atoms with Crippen LogP contribution in [-0.2, 0) is 0 Å². The number of halogens is 1. The lowest BCUT2D eigenvalue weighted by atomic mass is 10.1. The highest BCUT2D eigenvalue weighted by Gasteiger charge is 1.94. The van der Waals surface area contributed by atoms with Crippen molar-refractivity contribution in [2.75, 3.05) is 4.43 Å². The fourth-order valence-corrected chi connectivity index (χ4v) is 1.85. The highest BCUT2D eigenvalue weighted by atomic mass is 127. The lowest BCUT2D eigenvalue weighted by Crippen LogP contribution is -1.82. The van der Waals surface area contributed by atoms with Crippen molar-refractivity contribution >= 4 is 28.2 Å². The van der Waals surface area contributed by atoms with Gasteiger partial charge in [-0.15, -0.1) is 0 Å². The molecule has 1 aromatic rings. The first-order valence-electron chi connectivity index (χ1n) is 3.65. The standard InChI is InChI=1S/C10H11I/c1-2-9(8-11)10-6-4-3-5-7-10/h2-7H,8H2,1H3/b9-2+. The van der Waals surface area contributed by atoms with Crippen LogP contribution < -0.4 is 0 Å². The maximum atomic E-state index is 2.38. The van der Waals surface area contributed by atoms with E-state index in [1.54, 1.807) is 0 Å². The first-order chi connectivity index (χ1) is 5.38. The maximum Gasteiger partial charge on any atom is 0.0249 e. The van der Waals surface area contributed by atoms with Crippen LogP contribution in [0.4, 0.5) is 0 Å². The van der Waals surface area contributed by atoms with Gasteiger partial charge in [-0.1, -0.05) is 59.0 Å². The average molecular weight is 258 g/mol. The van der Waals surface area contributed by atoms with Gasteiger partial charge in [0.25, 0.3) is 0 Å². The molecule has 0 amide bonds. The largest absolute Gasteiger partial charge is 0.0831 e. The van der Waals surface area contributed by atoms with E-state index >= 15 is 0 Å². The fraction of sp³-hybridized carbons (Fsp3) is 0.200. The summed E-state index contributed by atoms with van der Waals surface area (Å²) in [5.74, 6) is 0. The van der Waals surface area contributed by atoms with E-state index in [1.807, 2.05) is 6.07 Å². The van der Waals surface area contributed by atoms with Gasteiger partial charge in [0, 0.05) is 4.43 Å². The van der Waals surface area contributed by atoms with E-state index in [9.17, 15) is 0 Å². The van der Waals surface area contributed by atoms with Gasteiger partial charge < -0.3 is 0 Å². The predicted octanol–water partition coefficient (Wildman–Crippen LogP) is 3.52. The molecule has 1 heteroatoms. The molecule has 0 fully saturated rings. The van der Waals surface area contributed by atoms with Crippen molar-refractivity contribution in [3.63, 3.8) is 0 Å². The Hall–Kier alpha value is -0.310. The van der Waals surface area contributed by atoms with Crippen molar-refractivity contribution in [1.82, 2.24) is 0 Å². The van der Waals surface area contributed by atoms with Crippen LogP contribution in [-0.4, -0.2) is 4.43 Å². The second-order valence-electron chi connectivity index (χ2n) is 2.31. The van der Waals surface area contributed by atoms with E-state index in [4.69, 9.17) is 0 Å². The van der Waals surface area contributed by atoms with Crippen LogP contribution in [0.25, 0.3) is 5.57 Å². The number of hydrogen-bond donors (Lipinski definition) is 0. The number of hydrogen-bond acceptors (Lipinski definition) is 0.